The molecule has 2 atom stereocenters. The van der Waals surface area contributed by atoms with Gasteiger partial charge in [0.05, 0.1) is 6.61 Å². The Kier molecular flexibility index (Phi) is 4.59. The number of ether oxygens (including phenoxy) is 3. The molecule has 1 heterocycles. The molecule has 1 fully saturated rings. The zero-order valence-electron chi connectivity index (χ0n) is 10.5. The highest BCUT2D eigenvalue weighted by molar-refractivity contribution is 5.74. The molecule has 0 N–H and O–H groups in total. The Balaban J connectivity index is 1.89. The summed E-state index contributed by atoms with van der Waals surface area (Å²) in [5.74, 6) is 0.464. The highest BCUT2D eigenvalue weighted by Crippen LogP contribution is 2.23. The Morgan fingerprint density at radius 2 is 2.11 bits per heavy atom. The zero-order valence-corrected chi connectivity index (χ0v) is 10.5. The Morgan fingerprint density at radius 3 is 2.83 bits per heavy atom. The summed E-state index contributed by atoms with van der Waals surface area (Å²) >= 11 is 0. The summed E-state index contributed by atoms with van der Waals surface area (Å²) in [5.41, 5.74) is 0. The van der Waals surface area contributed by atoms with E-state index in [4.69, 9.17) is 14.2 Å². The third kappa shape index (κ3) is 3.47. The second-order valence-corrected chi connectivity index (χ2v) is 4.17. The molecule has 1 aliphatic heterocycles. The van der Waals surface area contributed by atoms with Crippen molar-refractivity contribution in [3.63, 3.8) is 0 Å². The molecule has 0 amide bonds. The highest BCUT2D eigenvalue weighted by Gasteiger charge is 2.29. The molecule has 1 aromatic carbocycles. The van der Waals surface area contributed by atoms with Crippen molar-refractivity contribution in [1.82, 2.24) is 0 Å². The minimum absolute atomic E-state index is 0.293. The van der Waals surface area contributed by atoms with Crippen LogP contribution in [0.5, 0.6) is 5.75 Å². The van der Waals surface area contributed by atoms with Gasteiger partial charge in [0.1, 0.15) is 5.75 Å². The van der Waals surface area contributed by atoms with Gasteiger partial charge in [-0.25, -0.2) is 4.79 Å². The van der Waals surface area contributed by atoms with Gasteiger partial charge in [-0.05, 0) is 31.9 Å². The Hall–Kier alpha value is -1.55. The lowest BCUT2D eigenvalue weighted by Crippen LogP contribution is -2.37. The molecule has 4 nitrogen and oxygen atoms in total. The number of hydrogen-bond donors (Lipinski definition) is 0. The Labute approximate surface area is 107 Å². The lowest BCUT2D eigenvalue weighted by Gasteiger charge is -2.28. The van der Waals surface area contributed by atoms with Gasteiger partial charge in [0, 0.05) is 6.42 Å². The van der Waals surface area contributed by atoms with E-state index in [1.165, 1.54) is 0 Å². The van der Waals surface area contributed by atoms with Crippen molar-refractivity contribution in [1.29, 1.82) is 0 Å². The van der Waals surface area contributed by atoms with Crippen molar-refractivity contribution in [2.45, 2.75) is 38.6 Å². The standard InChI is InChI=1S/C14H18O4/c1-2-16-14(15)12-9-6-10-13(18-12)17-11-7-4-3-5-8-11/h3-5,7-8,12-13H,2,6,9-10H2,1H3/t12-,13+/m0/s1. The molecule has 0 unspecified atom stereocenters. The first-order valence-electron chi connectivity index (χ1n) is 6.33. The molecule has 2 rings (SSSR count). The molecular weight excluding hydrogens is 232 g/mol. The van der Waals surface area contributed by atoms with E-state index < -0.39 is 6.10 Å². The van der Waals surface area contributed by atoms with E-state index in [-0.39, 0.29) is 12.3 Å². The van der Waals surface area contributed by atoms with E-state index in [0.29, 0.717) is 13.0 Å². The van der Waals surface area contributed by atoms with Crippen LogP contribution in [0.1, 0.15) is 26.2 Å². The normalized spacial score (nSPS) is 23.4. The van der Waals surface area contributed by atoms with Gasteiger partial charge in [0.2, 0.25) is 6.29 Å². The number of rotatable bonds is 4. The molecule has 0 saturated carbocycles. The van der Waals surface area contributed by atoms with Gasteiger partial charge in [0.25, 0.3) is 0 Å². The van der Waals surface area contributed by atoms with Crippen LogP contribution in [-0.4, -0.2) is 25.0 Å². The molecule has 0 aromatic heterocycles. The first-order valence-corrected chi connectivity index (χ1v) is 6.33. The Morgan fingerprint density at radius 1 is 1.33 bits per heavy atom. The van der Waals surface area contributed by atoms with Gasteiger partial charge >= 0.3 is 5.97 Å². The molecular formula is C14H18O4. The molecule has 18 heavy (non-hydrogen) atoms. The van der Waals surface area contributed by atoms with Crippen LogP contribution in [0.4, 0.5) is 0 Å². The van der Waals surface area contributed by atoms with Crippen LogP contribution in [0.25, 0.3) is 0 Å². The van der Waals surface area contributed by atoms with Crippen LogP contribution in [0.2, 0.25) is 0 Å². The number of esters is 1. The highest BCUT2D eigenvalue weighted by atomic mass is 16.7. The molecule has 0 bridgehead atoms. The maximum absolute atomic E-state index is 11.6. The van der Waals surface area contributed by atoms with Gasteiger partial charge in [0.15, 0.2) is 6.10 Å². The number of hydrogen-bond acceptors (Lipinski definition) is 4. The van der Waals surface area contributed by atoms with Crippen LogP contribution in [0.15, 0.2) is 30.3 Å². The predicted octanol–water partition coefficient (Wildman–Crippen LogP) is 2.52. The fourth-order valence-corrected chi connectivity index (χ4v) is 1.94. The fourth-order valence-electron chi connectivity index (χ4n) is 1.94. The summed E-state index contributed by atoms with van der Waals surface area (Å²) < 4.78 is 16.3. The van der Waals surface area contributed by atoms with Crippen molar-refractivity contribution in [2.75, 3.05) is 6.61 Å². The van der Waals surface area contributed by atoms with Gasteiger partial charge in [-0.15, -0.1) is 0 Å². The van der Waals surface area contributed by atoms with Gasteiger partial charge in [-0.3, -0.25) is 0 Å². The van der Waals surface area contributed by atoms with E-state index >= 15 is 0 Å². The maximum atomic E-state index is 11.6. The average molecular weight is 250 g/mol. The first-order chi connectivity index (χ1) is 8.79. The lowest BCUT2D eigenvalue weighted by molar-refractivity contribution is -0.185. The van der Waals surface area contributed by atoms with Crippen molar-refractivity contribution in [2.24, 2.45) is 0 Å². The summed E-state index contributed by atoms with van der Waals surface area (Å²) in [4.78, 5) is 11.6. The smallest absolute Gasteiger partial charge is 0.335 e. The molecule has 0 spiro atoms. The van der Waals surface area contributed by atoms with Crippen LogP contribution < -0.4 is 4.74 Å². The Bertz CT molecular complexity index is 377. The minimum Gasteiger partial charge on any atom is -0.465 e. The third-order valence-electron chi connectivity index (χ3n) is 2.78. The lowest BCUT2D eigenvalue weighted by atomic mass is 10.1. The largest absolute Gasteiger partial charge is 0.465 e. The second-order valence-electron chi connectivity index (χ2n) is 4.17. The summed E-state index contributed by atoms with van der Waals surface area (Å²) in [6.07, 6.45) is 1.54. The van der Waals surface area contributed by atoms with E-state index in [0.717, 1.165) is 18.6 Å². The van der Waals surface area contributed by atoms with Gasteiger partial charge in [-0.1, -0.05) is 18.2 Å². The summed E-state index contributed by atoms with van der Waals surface area (Å²) in [6.45, 7) is 2.17. The maximum Gasteiger partial charge on any atom is 0.335 e. The minimum atomic E-state index is -0.493. The summed E-state index contributed by atoms with van der Waals surface area (Å²) in [7, 11) is 0. The SMILES string of the molecule is CCOC(=O)[C@@H]1CCC[C@H](Oc2ccccc2)O1. The van der Waals surface area contributed by atoms with Crippen molar-refractivity contribution < 1.29 is 19.0 Å². The molecule has 1 aromatic rings. The van der Waals surface area contributed by atoms with Gasteiger partial charge in [-0.2, -0.15) is 0 Å². The zero-order chi connectivity index (χ0) is 12.8. The molecule has 98 valence electrons. The number of carbonyl (C=O) groups excluding carboxylic acids is 1. The van der Waals surface area contributed by atoms with Crippen LogP contribution in [-0.2, 0) is 14.3 Å². The number of para-hydroxylation sites is 1. The fraction of sp³-hybridized carbons (Fsp3) is 0.500. The van der Waals surface area contributed by atoms with Crippen molar-refractivity contribution >= 4 is 5.97 Å². The quantitative estimate of drug-likeness (QED) is 0.770. The van der Waals surface area contributed by atoms with Crippen molar-refractivity contribution in [3.8, 4) is 5.75 Å². The molecule has 0 aliphatic carbocycles. The molecule has 1 aliphatic rings. The molecule has 1 saturated heterocycles. The van der Waals surface area contributed by atoms with E-state index in [1.807, 2.05) is 30.3 Å². The molecule has 4 heteroatoms. The summed E-state index contributed by atoms with van der Waals surface area (Å²) in [5, 5.41) is 0. The topological polar surface area (TPSA) is 44.8 Å². The average Bonchev–Trinajstić information content (AvgIpc) is 2.40. The third-order valence-corrected chi connectivity index (χ3v) is 2.78. The van der Waals surface area contributed by atoms with E-state index in [9.17, 15) is 4.79 Å². The van der Waals surface area contributed by atoms with Crippen LogP contribution in [0, 0.1) is 0 Å². The van der Waals surface area contributed by atoms with Crippen LogP contribution in [0.3, 0.4) is 0 Å². The number of benzene rings is 1. The van der Waals surface area contributed by atoms with Gasteiger partial charge < -0.3 is 14.2 Å². The van der Waals surface area contributed by atoms with Crippen molar-refractivity contribution in [3.05, 3.63) is 30.3 Å². The second kappa shape index (κ2) is 6.40. The predicted molar refractivity (Wildman–Crippen MR) is 66.2 cm³/mol. The first kappa shape index (κ1) is 12.9. The van der Waals surface area contributed by atoms with E-state index in [2.05, 4.69) is 0 Å². The monoisotopic (exact) mass is 250 g/mol. The molecule has 0 radical (unpaired) electrons. The number of carbonyl (C=O) groups is 1. The van der Waals surface area contributed by atoms with E-state index in [1.54, 1.807) is 6.92 Å². The van der Waals surface area contributed by atoms with Crippen LogP contribution >= 0.6 is 0 Å². The summed E-state index contributed by atoms with van der Waals surface area (Å²) in [6, 6.07) is 9.48.